The molecule has 0 saturated heterocycles. The van der Waals surface area contributed by atoms with Crippen LogP contribution in [0.1, 0.15) is 24.4 Å². The smallest absolute Gasteiger partial charge is 0.0935 e. The lowest BCUT2D eigenvalue weighted by Gasteiger charge is -2.04. The van der Waals surface area contributed by atoms with Crippen LogP contribution in [0.5, 0.6) is 0 Å². The molecule has 2 N–H and O–H groups in total. The first-order valence-electron chi connectivity index (χ1n) is 5.33. The molecule has 80 valence electrons. The van der Waals surface area contributed by atoms with Gasteiger partial charge in [0.1, 0.15) is 0 Å². The van der Waals surface area contributed by atoms with Crippen molar-refractivity contribution in [3.05, 3.63) is 28.8 Å². The summed E-state index contributed by atoms with van der Waals surface area (Å²) in [6, 6.07) is 6.67. The highest BCUT2D eigenvalue weighted by Gasteiger charge is 2.04. The number of thiazole rings is 1. The van der Waals surface area contributed by atoms with Gasteiger partial charge in [-0.25, -0.2) is 4.98 Å². The zero-order valence-electron chi connectivity index (χ0n) is 9.16. The molecule has 0 spiro atoms. The summed E-state index contributed by atoms with van der Waals surface area (Å²) in [6.07, 6.45) is 1.96. The van der Waals surface area contributed by atoms with E-state index in [0.717, 1.165) is 18.4 Å². The predicted molar refractivity (Wildman–Crippen MR) is 66.4 cm³/mol. The molecule has 15 heavy (non-hydrogen) atoms. The van der Waals surface area contributed by atoms with Crippen molar-refractivity contribution in [2.24, 2.45) is 5.73 Å². The van der Waals surface area contributed by atoms with E-state index in [4.69, 9.17) is 5.73 Å². The Morgan fingerprint density at radius 3 is 2.93 bits per heavy atom. The van der Waals surface area contributed by atoms with Gasteiger partial charge in [-0.15, -0.1) is 11.3 Å². The molecule has 0 aliphatic rings. The Kier molecular flexibility index (Phi) is 3.03. The SMILES string of the molecule is CCc1nc2ccc(CC(C)N)cc2s1. The summed E-state index contributed by atoms with van der Waals surface area (Å²) in [4.78, 5) is 4.54. The third-order valence-electron chi connectivity index (χ3n) is 2.36. The summed E-state index contributed by atoms with van der Waals surface area (Å²) in [5, 5.41) is 1.21. The van der Waals surface area contributed by atoms with E-state index in [9.17, 15) is 0 Å². The van der Waals surface area contributed by atoms with Crippen LogP contribution in [-0.2, 0) is 12.8 Å². The summed E-state index contributed by atoms with van der Waals surface area (Å²) < 4.78 is 1.28. The van der Waals surface area contributed by atoms with Gasteiger partial charge in [0.15, 0.2) is 0 Å². The maximum Gasteiger partial charge on any atom is 0.0935 e. The zero-order chi connectivity index (χ0) is 10.8. The molecule has 1 heterocycles. The molecule has 2 nitrogen and oxygen atoms in total. The number of hydrogen-bond acceptors (Lipinski definition) is 3. The average molecular weight is 220 g/mol. The summed E-state index contributed by atoms with van der Waals surface area (Å²) in [6.45, 7) is 4.18. The number of benzene rings is 1. The highest BCUT2D eigenvalue weighted by molar-refractivity contribution is 7.18. The van der Waals surface area contributed by atoms with Gasteiger partial charge in [0, 0.05) is 6.04 Å². The van der Waals surface area contributed by atoms with Gasteiger partial charge in [0.2, 0.25) is 0 Å². The van der Waals surface area contributed by atoms with Crippen molar-refractivity contribution in [1.82, 2.24) is 4.98 Å². The van der Waals surface area contributed by atoms with Crippen LogP contribution in [0.15, 0.2) is 18.2 Å². The number of hydrogen-bond donors (Lipinski definition) is 1. The van der Waals surface area contributed by atoms with Crippen molar-refractivity contribution in [3.63, 3.8) is 0 Å². The van der Waals surface area contributed by atoms with Crippen molar-refractivity contribution < 1.29 is 0 Å². The predicted octanol–water partition coefficient (Wildman–Crippen LogP) is 2.75. The van der Waals surface area contributed by atoms with Crippen molar-refractivity contribution in [2.75, 3.05) is 0 Å². The van der Waals surface area contributed by atoms with Crippen LogP contribution in [-0.4, -0.2) is 11.0 Å². The maximum absolute atomic E-state index is 5.79. The quantitative estimate of drug-likeness (QED) is 0.863. The number of nitrogens with zero attached hydrogens (tertiary/aromatic N) is 1. The molecular weight excluding hydrogens is 204 g/mol. The van der Waals surface area contributed by atoms with E-state index >= 15 is 0 Å². The highest BCUT2D eigenvalue weighted by atomic mass is 32.1. The molecule has 0 radical (unpaired) electrons. The highest BCUT2D eigenvalue weighted by Crippen LogP contribution is 2.23. The van der Waals surface area contributed by atoms with Gasteiger partial charge in [-0.3, -0.25) is 0 Å². The van der Waals surface area contributed by atoms with E-state index in [1.165, 1.54) is 15.3 Å². The molecule has 0 fully saturated rings. The van der Waals surface area contributed by atoms with Crippen LogP contribution < -0.4 is 5.73 Å². The van der Waals surface area contributed by atoms with Gasteiger partial charge in [0.25, 0.3) is 0 Å². The Morgan fingerprint density at radius 2 is 2.27 bits per heavy atom. The van der Waals surface area contributed by atoms with Crippen LogP contribution in [0.4, 0.5) is 0 Å². The summed E-state index contributed by atoms with van der Waals surface area (Å²) in [5.41, 5.74) is 8.21. The number of aryl methyl sites for hydroxylation is 1. The molecule has 3 heteroatoms. The largest absolute Gasteiger partial charge is 0.328 e. The van der Waals surface area contributed by atoms with Crippen molar-refractivity contribution in [1.29, 1.82) is 0 Å². The third-order valence-corrected chi connectivity index (χ3v) is 3.52. The van der Waals surface area contributed by atoms with Gasteiger partial charge in [-0.2, -0.15) is 0 Å². The molecule has 1 unspecified atom stereocenters. The molecule has 2 rings (SSSR count). The van der Waals surface area contributed by atoms with E-state index in [2.05, 4.69) is 30.1 Å². The number of rotatable bonds is 3. The van der Waals surface area contributed by atoms with Gasteiger partial charge < -0.3 is 5.73 Å². The normalized spacial score (nSPS) is 13.3. The van der Waals surface area contributed by atoms with Crippen LogP contribution in [0.2, 0.25) is 0 Å². The molecule has 0 aliphatic carbocycles. The summed E-state index contributed by atoms with van der Waals surface area (Å²) in [5.74, 6) is 0. The van der Waals surface area contributed by atoms with E-state index in [0.29, 0.717) is 0 Å². The van der Waals surface area contributed by atoms with Gasteiger partial charge in [-0.05, 0) is 37.5 Å². The molecule has 1 aromatic heterocycles. The van der Waals surface area contributed by atoms with Crippen molar-refractivity contribution in [3.8, 4) is 0 Å². The number of fused-ring (bicyclic) bond motifs is 1. The lowest BCUT2D eigenvalue weighted by Crippen LogP contribution is -2.17. The topological polar surface area (TPSA) is 38.9 Å². The Bertz CT molecular complexity index is 460. The second-order valence-corrected chi connectivity index (χ2v) is 5.06. The molecular formula is C12H16N2S. The molecule has 0 saturated carbocycles. The molecule has 0 amide bonds. The van der Waals surface area contributed by atoms with Crippen LogP contribution in [0, 0.1) is 0 Å². The van der Waals surface area contributed by atoms with Crippen LogP contribution in [0.25, 0.3) is 10.2 Å². The van der Waals surface area contributed by atoms with Crippen LogP contribution in [0.3, 0.4) is 0 Å². The Labute approximate surface area is 94.1 Å². The lowest BCUT2D eigenvalue weighted by atomic mass is 10.1. The summed E-state index contributed by atoms with van der Waals surface area (Å²) in [7, 11) is 0. The zero-order valence-corrected chi connectivity index (χ0v) is 9.97. The fourth-order valence-corrected chi connectivity index (χ4v) is 2.64. The minimum Gasteiger partial charge on any atom is -0.328 e. The van der Waals surface area contributed by atoms with E-state index < -0.39 is 0 Å². The van der Waals surface area contributed by atoms with E-state index in [-0.39, 0.29) is 6.04 Å². The summed E-state index contributed by atoms with van der Waals surface area (Å²) >= 11 is 1.79. The number of aromatic nitrogens is 1. The molecule has 1 atom stereocenters. The number of nitrogens with two attached hydrogens (primary N) is 1. The molecule has 0 bridgehead atoms. The van der Waals surface area contributed by atoms with Crippen molar-refractivity contribution >= 4 is 21.6 Å². The fraction of sp³-hybridized carbons (Fsp3) is 0.417. The maximum atomic E-state index is 5.79. The van der Waals surface area contributed by atoms with Gasteiger partial charge in [-0.1, -0.05) is 13.0 Å². The third kappa shape index (κ3) is 2.36. The second kappa shape index (κ2) is 4.29. The minimum atomic E-state index is 0.223. The van der Waals surface area contributed by atoms with Gasteiger partial charge in [0.05, 0.1) is 15.2 Å². The first-order valence-corrected chi connectivity index (χ1v) is 6.14. The molecule has 1 aromatic carbocycles. The fourth-order valence-electron chi connectivity index (χ4n) is 1.67. The standard InChI is InChI=1S/C12H16N2S/c1-3-12-14-10-5-4-9(6-8(2)13)7-11(10)15-12/h4-5,7-8H,3,6,13H2,1-2H3. The Balaban J connectivity index is 2.37. The second-order valence-electron chi connectivity index (χ2n) is 3.94. The van der Waals surface area contributed by atoms with E-state index in [1.54, 1.807) is 11.3 Å². The molecule has 2 aromatic rings. The minimum absolute atomic E-state index is 0.223. The van der Waals surface area contributed by atoms with E-state index in [1.807, 2.05) is 6.92 Å². The first-order chi connectivity index (χ1) is 7.19. The first kappa shape index (κ1) is 10.6. The van der Waals surface area contributed by atoms with Gasteiger partial charge >= 0.3 is 0 Å². The molecule has 0 aliphatic heterocycles. The Morgan fingerprint density at radius 1 is 1.47 bits per heavy atom. The Hall–Kier alpha value is -0.930. The van der Waals surface area contributed by atoms with Crippen molar-refractivity contribution in [2.45, 2.75) is 32.7 Å². The lowest BCUT2D eigenvalue weighted by molar-refractivity contribution is 0.739. The monoisotopic (exact) mass is 220 g/mol. The average Bonchev–Trinajstić information content (AvgIpc) is 2.58. The van der Waals surface area contributed by atoms with Crippen LogP contribution >= 0.6 is 11.3 Å².